The summed E-state index contributed by atoms with van der Waals surface area (Å²) in [4.78, 5) is 0. The fourth-order valence-corrected chi connectivity index (χ4v) is 9.37. The molecule has 0 heterocycles. The minimum atomic E-state index is -0.529. The molecule has 4 fully saturated rings. The summed E-state index contributed by atoms with van der Waals surface area (Å²) in [5.74, 6) is 4.25. The number of aliphatic hydroxyl groups excluding tert-OH is 1. The highest BCUT2D eigenvalue weighted by Crippen LogP contribution is 2.71. The van der Waals surface area contributed by atoms with E-state index in [9.17, 15) is 10.2 Å². The highest BCUT2D eigenvalue weighted by Gasteiger charge is 2.63. The third kappa shape index (κ3) is 3.53. The fourth-order valence-electron chi connectivity index (χ4n) is 9.37. The van der Waals surface area contributed by atoms with Crippen molar-refractivity contribution in [3.63, 3.8) is 0 Å². The van der Waals surface area contributed by atoms with Crippen molar-refractivity contribution in [2.75, 3.05) is 0 Å². The van der Waals surface area contributed by atoms with E-state index in [2.05, 4.69) is 27.7 Å². The Morgan fingerprint density at radius 3 is 2.34 bits per heavy atom. The van der Waals surface area contributed by atoms with E-state index < -0.39 is 5.60 Å². The van der Waals surface area contributed by atoms with Crippen LogP contribution in [-0.2, 0) is 0 Å². The molecule has 6 unspecified atom stereocenters. The largest absolute Gasteiger partial charge is 0.393 e. The van der Waals surface area contributed by atoms with Crippen LogP contribution in [0.1, 0.15) is 112 Å². The summed E-state index contributed by atoms with van der Waals surface area (Å²) in [6.07, 6.45) is 13.7. The molecule has 2 N–H and O–H groups in total. The maximum absolute atomic E-state index is 10.4. The second kappa shape index (κ2) is 7.22. The highest BCUT2D eigenvalue weighted by molar-refractivity contribution is 5.12. The van der Waals surface area contributed by atoms with E-state index in [0.717, 1.165) is 55.3 Å². The summed E-state index contributed by atoms with van der Waals surface area (Å²) in [7, 11) is 0. The van der Waals surface area contributed by atoms with Gasteiger partial charge in [0, 0.05) is 0 Å². The molecule has 2 nitrogen and oxygen atoms in total. The van der Waals surface area contributed by atoms with Crippen molar-refractivity contribution >= 4 is 0 Å². The van der Waals surface area contributed by atoms with Crippen LogP contribution in [0, 0.1) is 45.8 Å². The van der Waals surface area contributed by atoms with Gasteiger partial charge in [0.05, 0.1) is 11.7 Å². The van der Waals surface area contributed by atoms with Crippen molar-refractivity contribution in [2.24, 2.45) is 45.8 Å². The van der Waals surface area contributed by atoms with Crippen LogP contribution in [0.2, 0.25) is 0 Å². The minimum Gasteiger partial charge on any atom is -0.393 e. The molecule has 9 atom stereocenters. The van der Waals surface area contributed by atoms with Gasteiger partial charge in [0.1, 0.15) is 0 Å². The van der Waals surface area contributed by atoms with Crippen molar-refractivity contribution in [3.8, 4) is 0 Å². The van der Waals surface area contributed by atoms with Crippen LogP contribution in [-0.4, -0.2) is 21.9 Å². The lowest BCUT2D eigenvalue weighted by molar-refractivity contribution is -0.171. The predicted octanol–water partition coefficient (Wildman–Crippen LogP) is 6.58. The van der Waals surface area contributed by atoms with Crippen LogP contribution in [0.5, 0.6) is 0 Å². The summed E-state index contributed by atoms with van der Waals surface area (Å²) in [6.45, 7) is 14.2. The molecule has 168 valence electrons. The Kier molecular flexibility index (Phi) is 5.51. The van der Waals surface area contributed by atoms with Crippen LogP contribution >= 0.6 is 0 Å². The second-order valence-corrected chi connectivity index (χ2v) is 13.3. The van der Waals surface area contributed by atoms with Crippen LogP contribution < -0.4 is 0 Å². The molecule has 0 bridgehead atoms. The van der Waals surface area contributed by atoms with Gasteiger partial charge in [-0.05, 0) is 130 Å². The second-order valence-electron chi connectivity index (χ2n) is 13.3. The standard InChI is InChI=1S/C27H48O2/c1-18(9-13-24(2,3)29)21-7-8-22-20-11-14-25(4)17-19(28)10-16-27(25,6)23(20)12-15-26(21,22)5/h18-23,28-29H,7-17H2,1-6H3/t18?,19-,20?,21+,22?,23?,25?,26+,27?/m0/s1. The van der Waals surface area contributed by atoms with Crippen LogP contribution in [0.4, 0.5) is 0 Å². The van der Waals surface area contributed by atoms with E-state index in [1.807, 2.05) is 13.8 Å². The van der Waals surface area contributed by atoms with Crippen LogP contribution in [0.25, 0.3) is 0 Å². The molecule has 0 amide bonds. The monoisotopic (exact) mass is 404 g/mol. The zero-order chi connectivity index (χ0) is 21.2. The molecule has 4 aliphatic carbocycles. The Bertz CT molecular complexity index is 608. The Morgan fingerprint density at radius 2 is 1.66 bits per heavy atom. The number of aliphatic hydroxyl groups is 2. The van der Waals surface area contributed by atoms with Gasteiger partial charge in [-0.25, -0.2) is 0 Å². The molecule has 0 aromatic carbocycles. The molecular formula is C27H48O2. The molecule has 0 radical (unpaired) electrons. The Labute approximate surface area is 180 Å². The average Bonchev–Trinajstić information content (AvgIpc) is 2.97. The minimum absolute atomic E-state index is 0.0639. The molecule has 0 aromatic rings. The Hall–Kier alpha value is -0.0800. The van der Waals surface area contributed by atoms with Crippen LogP contribution in [0.3, 0.4) is 0 Å². The maximum Gasteiger partial charge on any atom is 0.0591 e. The van der Waals surface area contributed by atoms with Crippen LogP contribution in [0.15, 0.2) is 0 Å². The smallest absolute Gasteiger partial charge is 0.0591 e. The summed E-state index contributed by atoms with van der Waals surface area (Å²) in [5.41, 5.74) is 0.760. The first-order valence-electron chi connectivity index (χ1n) is 12.8. The Balaban J connectivity index is 1.52. The highest BCUT2D eigenvalue weighted by atomic mass is 16.3. The van der Waals surface area contributed by atoms with E-state index >= 15 is 0 Å². The SMILES string of the molecule is CC(CCC(C)(C)O)[C@H]1CCC2C3CCC4(C)C[C@@H](O)CCC4(C)C3CC[C@@]21C. The Morgan fingerprint density at radius 1 is 0.931 bits per heavy atom. The molecule has 0 aromatic heterocycles. The number of hydrogen-bond acceptors (Lipinski definition) is 2. The third-order valence-electron chi connectivity index (χ3n) is 11.3. The lowest BCUT2D eigenvalue weighted by atomic mass is 9.40. The normalized spacial score (nSPS) is 51.1. The topological polar surface area (TPSA) is 40.5 Å². The van der Waals surface area contributed by atoms with Crippen molar-refractivity contribution < 1.29 is 10.2 Å². The van der Waals surface area contributed by atoms with Gasteiger partial charge in [-0.1, -0.05) is 27.7 Å². The first-order chi connectivity index (χ1) is 13.4. The number of fused-ring (bicyclic) bond motifs is 5. The summed E-state index contributed by atoms with van der Waals surface area (Å²) in [6, 6.07) is 0. The van der Waals surface area contributed by atoms with Crippen molar-refractivity contribution in [3.05, 3.63) is 0 Å². The van der Waals surface area contributed by atoms with Gasteiger partial charge in [-0.15, -0.1) is 0 Å². The molecule has 2 heteroatoms. The molecule has 4 aliphatic rings. The average molecular weight is 405 g/mol. The van der Waals surface area contributed by atoms with E-state index in [1.54, 1.807) is 0 Å². The van der Waals surface area contributed by atoms with Gasteiger partial charge in [0.2, 0.25) is 0 Å². The van der Waals surface area contributed by atoms with E-state index in [-0.39, 0.29) is 6.10 Å². The summed E-state index contributed by atoms with van der Waals surface area (Å²) in [5, 5.41) is 20.6. The third-order valence-corrected chi connectivity index (χ3v) is 11.3. The van der Waals surface area contributed by atoms with Gasteiger partial charge in [-0.2, -0.15) is 0 Å². The van der Waals surface area contributed by atoms with Gasteiger partial charge in [-0.3, -0.25) is 0 Å². The van der Waals surface area contributed by atoms with E-state index in [0.29, 0.717) is 16.2 Å². The van der Waals surface area contributed by atoms with Gasteiger partial charge >= 0.3 is 0 Å². The first kappa shape index (κ1) is 22.1. The molecule has 4 rings (SSSR count). The van der Waals surface area contributed by atoms with Gasteiger partial charge < -0.3 is 10.2 Å². The van der Waals surface area contributed by atoms with Gasteiger partial charge in [0.15, 0.2) is 0 Å². The predicted molar refractivity (Wildman–Crippen MR) is 121 cm³/mol. The molecule has 4 saturated carbocycles. The summed E-state index contributed by atoms with van der Waals surface area (Å²) >= 11 is 0. The van der Waals surface area contributed by atoms with E-state index in [1.165, 1.54) is 44.9 Å². The van der Waals surface area contributed by atoms with Gasteiger partial charge in [0.25, 0.3) is 0 Å². The fraction of sp³-hybridized carbons (Fsp3) is 1.00. The molecule has 29 heavy (non-hydrogen) atoms. The van der Waals surface area contributed by atoms with Crippen molar-refractivity contribution in [1.82, 2.24) is 0 Å². The molecule has 0 aliphatic heterocycles. The zero-order valence-corrected chi connectivity index (χ0v) is 20.1. The van der Waals surface area contributed by atoms with Crippen molar-refractivity contribution in [2.45, 2.75) is 124 Å². The van der Waals surface area contributed by atoms with E-state index in [4.69, 9.17) is 0 Å². The molecule has 0 saturated heterocycles. The quantitative estimate of drug-likeness (QED) is 0.555. The zero-order valence-electron chi connectivity index (χ0n) is 20.1. The lowest BCUT2D eigenvalue weighted by Crippen LogP contribution is -2.58. The molecule has 0 spiro atoms. The number of hydrogen-bond donors (Lipinski definition) is 2. The summed E-state index contributed by atoms with van der Waals surface area (Å²) < 4.78 is 0. The lowest BCUT2D eigenvalue weighted by Gasteiger charge is -2.65. The first-order valence-corrected chi connectivity index (χ1v) is 12.8. The molecular weight excluding hydrogens is 356 g/mol. The maximum atomic E-state index is 10.4. The number of rotatable bonds is 4. The van der Waals surface area contributed by atoms with Crippen molar-refractivity contribution in [1.29, 1.82) is 0 Å².